The molecule has 0 aliphatic carbocycles. The van der Waals surface area contributed by atoms with Gasteiger partial charge in [-0.05, 0) is 77.8 Å². The molecular weight excluding hydrogens is 472 g/mol. The highest BCUT2D eigenvalue weighted by Crippen LogP contribution is 2.45. The van der Waals surface area contributed by atoms with Crippen LogP contribution in [-0.4, -0.2) is 20.0 Å². The van der Waals surface area contributed by atoms with Crippen LogP contribution in [0.2, 0.25) is 0 Å². The molecular formula is C37H26N2. The number of nitrogens with zero attached hydrogens (tertiary/aromatic N) is 2. The Hall–Kier alpha value is -5.08. The van der Waals surface area contributed by atoms with Gasteiger partial charge in [0.25, 0.3) is 0 Å². The maximum Gasteiger partial charge on any atom is 0.0354 e. The van der Waals surface area contributed by atoms with Gasteiger partial charge in [-0.1, -0.05) is 109 Å². The second-order valence-electron chi connectivity index (χ2n) is 9.85. The van der Waals surface area contributed by atoms with Gasteiger partial charge in [0.2, 0.25) is 0 Å². The first-order chi connectivity index (χ1) is 19.3. The SMILES string of the molecule is C=N/C=C(\C=NC)c1c2ccccc2c(-c2cc3c4ccccc4ccc3c3ccccc23)c2ccccc12. The number of hydrogen-bond donors (Lipinski definition) is 0. The molecule has 0 spiro atoms. The van der Waals surface area contributed by atoms with Crippen molar-refractivity contribution in [2.45, 2.75) is 0 Å². The maximum absolute atomic E-state index is 4.35. The number of fused-ring (bicyclic) bond motifs is 7. The van der Waals surface area contributed by atoms with E-state index in [2.05, 4.69) is 132 Å². The van der Waals surface area contributed by atoms with Gasteiger partial charge in [-0.3, -0.25) is 9.98 Å². The summed E-state index contributed by atoms with van der Waals surface area (Å²) in [5.41, 5.74) is 4.56. The zero-order valence-electron chi connectivity index (χ0n) is 21.7. The quantitative estimate of drug-likeness (QED) is 0.131. The van der Waals surface area contributed by atoms with Gasteiger partial charge in [-0.25, -0.2) is 0 Å². The van der Waals surface area contributed by atoms with E-state index in [0.29, 0.717) is 0 Å². The molecule has 184 valence electrons. The Morgan fingerprint density at radius 2 is 1.10 bits per heavy atom. The van der Waals surface area contributed by atoms with Crippen molar-refractivity contribution in [3.63, 3.8) is 0 Å². The molecule has 7 rings (SSSR count). The van der Waals surface area contributed by atoms with Crippen LogP contribution in [-0.2, 0) is 0 Å². The third kappa shape index (κ3) is 3.57. The topological polar surface area (TPSA) is 24.7 Å². The lowest BCUT2D eigenvalue weighted by Crippen LogP contribution is -1.95. The molecule has 0 heterocycles. The van der Waals surface area contributed by atoms with Crippen LogP contribution in [0.5, 0.6) is 0 Å². The average Bonchev–Trinajstić information content (AvgIpc) is 2.99. The van der Waals surface area contributed by atoms with Gasteiger partial charge in [0.05, 0.1) is 0 Å². The normalized spacial score (nSPS) is 12.4. The van der Waals surface area contributed by atoms with Crippen molar-refractivity contribution >= 4 is 72.4 Å². The molecule has 39 heavy (non-hydrogen) atoms. The van der Waals surface area contributed by atoms with E-state index in [-0.39, 0.29) is 0 Å². The van der Waals surface area contributed by atoms with E-state index in [9.17, 15) is 0 Å². The Morgan fingerprint density at radius 1 is 0.564 bits per heavy atom. The molecule has 0 amide bonds. The lowest BCUT2D eigenvalue weighted by atomic mass is 9.83. The summed E-state index contributed by atoms with van der Waals surface area (Å²) >= 11 is 0. The van der Waals surface area contributed by atoms with Crippen LogP contribution < -0.4 is 0 Å². The standard InChI is InChI=1S/C37H26N2/c1-38-22-25(23-39-2)36-30-15-7-9-17-32(30)37(33-18-10-8-16-31(33)36)35-21-34-26-12-4-3-11-24(26)19-20-29(34)27-13-5-6-14-28(27)35/h3-23H,1H2,2H3/b25-22+,39-23?. The highest BCUT2D eigenvalue weighted by Gasteiger charge is 2.19. The van der Waals surface area contributed by atoms with Crippen LogP contribution in [0.15, 0.2) is 131 Å². The van der Waals surface area contributed by atoms with E-state index in [1.807, 2.05) is 6.21 Å². The lowest BCUT2D eigenvalue weighted by molar-refractivity contribution is 1.47. The van der Waals surface area contributed by atoms with Gasteiger partial charge in [-0.15, -0.1) is 0 Å². The molecule has 0 fully saturated rings. The van der Waals surface area contributed by atoms with E-state index in [1.165, 1.54) is 65.0 Å². The summed E-state index contributed by atoms with van der Waals surface area (Å²) in [6.45, 7) is 3.73. The summed E-state index contributed by atoms with van der Waals surface area (Å²) in [6, 6.07) is 41.8. The van der Waals surface area contributed by atoms with E-state index < -0.39 is 0 Å². The number of hydrogen-bond acceptors (Lipinski definition) is 2. The molecule has 0 bridgehead atoms. The Kier molecular flexibility index (Phi) is 5.53. The molecule has 7 aromatic carbocycles. The molecule has 0 radical (unpaired) electrons. The van der Waals surface area contributed by atoms with E-state index in [1.54, 1.807) is 13.2 Å². The van der Waals surface area contributed by atoms with Gasteiger partial charge in [0, 0.05) is 30.6 Å². The third-order valence-corrected chi connectivity index (χ3v) is 7.75. The Labute approximate surface area is 227 Å². The van der Waals surface area contributed by atoms with Gasteiger partial charge < -0.3 is 0 Å². The molecule has 0 aliphatic heterocycles. The minimum Gasteiger partial charge on any atom is -0.296 e. The van der Waals surface area contributed by atoms with Crippen LogP contribution >= 0.6 is 0 Å². The van der Waals surface area contributed by atoms with Crippen LogP contribution in [0.4, 0.5) is 0 Å². The molecule has 2 heteroatoms. The zero-order valence-corrected chi connectivity index (χ0v) is 21.7. The van der Waals surface area contributed by atoms with Crippen LogP contribution in [0.3, 0.4) is 0 Å². The summed E-state index contributed by atoms with van der Waals surface area (Å²) in [5.74, 6) is 0. The van der Waals surface area contributed by atoms with Crippen molar-refractivity contribution in [2.24, 2.45) is 9.98 Å². The summed E-state index contributed by atoms with van der Waals surface area (Å²) in [5, 5.41) is 12.3. The van der Waals surface area contributed by atoms with Crippen LogP contribution in [0.25, 0.3) is 70.6 Å². The first-order valence-electron chi connectivity index (χ1n) is 13.2. The molecule has 7 aromatic rings. The van der Waals surface area contributed by atoms with Gasteiger partial charge in [0.1, 0.15) is 0 Å². The van der Waals surface area contributed by atoms with Crippen molar-refractivity contribution in [1.29, 1.82) is 0 Å². The molecule has 0 saturated heterocycles. The smallest absolute Gasteiger partial charge is 0.0354 e. The summed E-state index contributed by atoms with van der Waals surface area (Å²) in [6.07, 6.45) is 3.68. The minimum atomic E-state index is 0.945. The minimum absolute atomic E-state index is 0.945. The van der Waals surface area contributed by atoms with Crippen LogP contribution in [0, 0.1) is 0 Å². The van der Waals surface area contributed by atoms with Crippen LogP contribution in [0.1, 0.15) is 5.56 Å². The molecule has 0 aliphatic rings. The first kappa shape index (κ1) is 23.1. The largest absolute Gasteiger partial charge is 0.296 e. The first-order valence-corrected chi connectivity index (χ1v) is 13.2. The summed E-state index contributed by atoms with van der Waals surface area (Å²) < 4.78 is 0. The maximum atomic E-state index is 4.35. The Balaban J connectivity index is 1.72. The highest BCUT2D eigenvalue weighted by atomic mass is 14.7. The molecule has 2 nitrogen and oxygen atoms in total. The number of benzene rings is 7. The fourth-order valence-electron chi connectivity index (χ4n) is 6.20. The fourth-order valence-corrected chi connectivity index (χ4v) is 6.20. The predicted octanol–water partition coefficient (Wildman–Crippen LogP) is 9.86. The van der Waals surface area contributed by atoms with Crippen molar-refractivity contribution in [3.8, 4) is 11.1 Å². The molecule has 0 aromatic heterocycles. The van der Waals surface area contributed by atoms with Crippen molar-refractivity contribution in [2.75, 3.05) is 7.05 Å². The number of aliphatic imine (C=N–C) groups is 2. The van der Waals surface area contributed by atoms with E-state index >= 15 is 0 Å². The van der Waals surface area contributed by atoms with E-state index in [0.717, 1.165) is 11.1 Å². The zero-order chi connectivity index (χ0) is 26.3. The Bertz CT molecular complexity index is 2090. The molecule has 0 unspecified atom stereocenters. The van der Waals surface area contributed by atoms with Gasteiger partial charge >= 0.3 is 0 Å². The lowest BCUT2D eigenvalue weighted by Gasteiger charge is -2.20. The average molecular weight is 499 g/mol. The monoisotopic (exact) mass is 498 g/mol. The van der Waals surface area contributed by atoms with E-state index in [4.69, 9.17) is 0 Å². The second kappa shape index (κ2) is 9.34. The molecule has 0 atom stereocenters. The van der Waals surface area contributed by atoms with Gasteiger partial charge in [-0.2, -0.15) is 0 Å². The van der Waals surface area contributed by atoms with Gasteiger partial charge in [0.15, 0.2) is 0 Å². The Morgan fingerprint density at radius 3 is 1.74 bits per heavy atom. The predicted molar refractivity (Wildman–Crippen MR) is 171 cm³/mol. The number of allylic oxidation sites excluding steroid dienone is 1. The molecule has 0 N–H and O–H groups in total. The third-order valence-electron chi connectivity index (χ3n) is 7.75. The summed E-state index contributed by atoms with van der Waals surface area (Å²) in [4.78, 5) is 8.47. The number of rotatable bonds is 4. The highest BCUT2D eigenvalue weighted by molar-refractivity contribution is 6.29. The fraction of sp³-hybridized carbons (Fsp3) is 0.0270. The summed E-state index contributed by atoms with van der Waals surface area (Å²) in [7, 11) is 1.79. The van der Waals surface area contributed by atoms with Crippen molar-refractivity contribution in [3.05, 3.63) is 127 Å². The molecule has 0 saturated carbocycles. The van der Waals surface area contributed by atoms with Crippen molar-refractivity contribution in [1.82, 2.24) is 0 Å². The second-order valence-corrected chi connectivity index (χ2v) is 9.85. The van der Waals surface area contributed by atoms with Crippen molar-refractivity contribution < 1.29 is 0 Å².